The topological polar surface area (TPSA) is 75.6 Å². The lowest BCUT2D eigenvalue weighted by molar-refractivity contribution is -0.692. The second-order valence-corrected chi connectivity index (χ2v) is 4.99. The highest BCUT2D eigenvalue weighted by atomic mass is 35.5. The van der Waals surface area contributed by atoms with E-state index >= 15 is 0 Å². The molecule has 0 fully saturated rings. The molecule has 1 aromatic carbocycles. The third-order valence-corrected chi connectivity index (χ3v) is 3.64. The Balaban J connectivity index is 0.00000264. The molecule has 0 spiro atoms. The van der Waals surface area contributed by atoms with Crippen LogP contribution in [0.25, 0.3) is 12.2 Å². The van der Waals surface area contributed by atoms with Crippen LogP contribution in [0.3, 0.4) is 0 Å². The number of benzene rings is 1. The fourth-order valence-corrected chi connectivity index (χ4v) is 2.14. The molecule has 0 saturated heterocycles. The molecule has 2 aromatic rings. The average Bonchev–Trinajstić information content (AvgIpc) is 2.51. The number of hydrogen-bond donors (Lipinski definition) is 2. The first kappa shape index (κ1) is 18.6. The maximum absolute atomic E-state index is 12.0. The first-order valence-corrected chi connectivity index (χ1v) is 6.70. The Hall–Kier alpha value is -2.47. The molecule has 0 saturated carbocycles. The molecule has 6 nitrogen and oxygen atoms in total. The third kappa shape index (κ3) is 3.48. The summed E-state index contributed by atoms with van der Waals surface area (Å²) in [5.74, 6) is -0.0708. The number of halogens is 1. The number of phenols is 2. The summed E-state index contributed by atoms with van der Waals surface area (Å²) >= 11 is 0. The summed E-state index contributed by atoms with van der Waals surface area (Å²) in [4.78, 5) is 12.0. The fraction of sp³-hybridized carbons (Fsp3) is 0.250. The largest absolute Gasteiger partial charge is 1.00 e. The molecule has 2 rings (SSSR count). The van der Waals surface area contributed by atoms with Crippen LogP contribution >= 0.6 is 0 Å². The second-order valence-electron chi connectivity index (χ2n) is 4.99. The van der Waals surface area contributed by atoms with Gasteiger partial charge in [0.15, 0.2) is 11.5 Å². The molecular weight excluding hydrogens is 320 g/mol. The standard InChI is InChI=1S/C16H18N2O4.ClH/c1-10-9-11(18(3)16(21)17(10)2)5-6-12-14(22-4)8-7-13(19)15(12)20;/h5-9,19H,1-4H3;1H. The number of ether oxygens (including phenoxy) is 1. The van der Waals surface area contributed by atoms with Gasteiger partial charge in [0.2, 0.25) is 0 Å². The predicted molar refractivity (Wildman–Crippen MR) is 82.8 cm³/mol. The number of aryl methyl sites for hydroxylation is 1. The Morgan fingerprint density at radius 3 is 2.52 bits per heavy atom. The van der Waals surface area contributed by atoms with Crippen molar-refractivity contribution < 1.29 is 31.9 Å². The van der Waals surface area contributed by atoms with Crippen LogP contribution in [0.4, 0.5) is 0 Å². The molecule has 0 atom stereocenters. The highest BCUT2D eigenvalue weighted by Crippen LogP contribution is 2.36. The van der Waals surface area contributed by atoms with Crippen molar-refractivity contribution in [1.29, 1.82) is 0 Å². The van der Waals surface area contributed by atoms with Crippen LogP contribution in [0.2, 0.25) is 0 Å². The van der Waals surface area contributed by atoms with Crippen LogP contribution in [-0.4, -0.2) is 21.9 Å². The minimum Gasteiger partial charge on any atom is -1.00 e. The van der Waals surface area contributed by atoms with Crippen LogP contribution in [0.5, 0.6) is 17.2 Å². The van der Waals surface area contributed by atoms with Crippen molar-refractivity contribution in [2.45, 2.75) is 6.92 Å². The molecule has 0 aliphatic carbocycles. The van der Waals surface area contributed by atoms with Gasteiger partial charge in [0.05, 0.1) is 26.8 Å². The molecular formula is C16H19ClN2O4. The van der Waals surface area contributed by atoms with E-state index in [-0.39, 0.29) is 29.6 Å². The molecule has 0 aliphatic rings. The minimum atomic E-state index is -0.265. The van der Waals surface area contributed by atoms with Crippen LogP contribution in [0.15, 0.2) is 23.0 Å². The Kier molecular flexibility index (Phi) is 5.81. The lowest BCUT2D eigenvalue weighted by Gasteiger charge is -2.08. The van der Waals surface area contributed by atoms with Crippen molar-refractivity contribution in [3.8, 4) is 17.2 Å². The number of methoxy groups -OCH3 is 1. The zero-order valence-corrected chi connectivity index (χ0v) is 14.1. The minimum absolute atomic E-state index is 0. The quantitative estimate of drug-likeness (QED) is 0.507. The molecule has 0 unspecified atom stereocenters. The molecule has 2 N–H and O–H groups in total. The smallest absolute Gasteiger partial charge is 0.498 e. The lowest BCUT2D eigenvalue weighted by atomic mass is 10.1. The van der Waals surface area contributed by atoms with Crippen LogP contribution < -0.4 is 27.4 Å². The number of aromatic nitrogens is 2. The monoisotopic (exact) mass is 338 g/mol. The van der Waals surface area contributed by atoms with Crippen molar-refractivity contribution in [1.82, 2.24) is 4.57 Å². The highest BCUT2D eigenvalue weighted by Gasteiger charge is 2.13. The van der Waals surface area contributed by atoms with E-state index in [4.69, 9.17) is 4.74 Å². The van der Waals surface area contributed by atoms with Gasteiger partial charge in [0, 0.05) is 6.07 Å². The van der Waals surface area contributed by atoms with Gasteiger partial charge in [-0.05, 0) is 31.2 Å². The summed E-state index contributed by atoms with van der Waals surface area (Å²) in [6.07, 6.45) is 3.29. The van der Waals surface area contributed by atoms with E-state index in [0.717, 1.165) is 5.69 Å². The van der Waals surface area contributed by atoms with Crippen molar-refractivity contribution in [2.75, 3.05) is 7.11 Å². The van der Waals surface area contributed by atoms with E-state index in [1.807, 2.05) is 13.0 Å². The highest BCUT2D eigenvalue weighted by molar-refractivity contribution is 5.76. The summed E-state index contributed by atoms with van der Waals surface area (Å²) in [5.41, 5.74) is 1.69. The van der Waals surface area contributed by atoms with Gasteiger partial charge in [-0.2, -0.15) is 13.9 Å². The van der Waals surface area contributed by atoms with E-state index in [0.29, 0.717) is 17.0 Å². The number of nitrogens with zero attached hydrogens (tertiary/aromatic N) is 2. The molecule has 1 aromatic heterocycles. The van der Waals surface area contributed by atoms with Crippen LogP contribution in [0, 0.1) is 6.92 Å². The number of aromatic hydroxyl groups is 2. The maximum atomic E-state index is 12.0. The molecule has 0 aliphatic heterocycles. The second kappa shape index (κ2) is 7.19. The summed E-state index contributed by atoms with van der Waals surface area (Å²) < 4.78 is 8.21. The lowest BCUT2D eigenvalue weighted by Crippen LogP contribution is -3.00. The van der Waals surface area contributed by atoms with Crippen LogP contribution in [0.1, 0.15) is 17.0 Å². The zero-order chi connectivity index (χ0) is 16.4. The Bertz CT molecular complexity index is 813. The summed E-state index contributed by atoms with van der Waals surface area (Å²) in [7, 11) is 4.85. The van der Waals surface area contributed by atoms with Crippen molar-refractivity contribution >= 4 is 12.2 Å². The third-order valence-electron chi connectivity index (χ3n) is 3.64. The first-order chi connectivity index (χ1) is 10.4. The van der Waals surface area contributed by atoms with E-state index in [1.54, 1.807) is 36.9 Å². The van der Waals surface area contributed by atoms with E-state index < -0.39 is 0 Å². The van der Waals surface area contributed by atoms with Gasteiger partial charge >= 0.3 is 5.69 Å². The average molecular weight is 339 g/mol. The first-order valence-electron chi connectivity index (χ1n) is 6.70. The normalized spacial score (nSPS) is 10.6. The zero-order valence-electron chi connectivity index (χ0n) is 13.4. The van der Waals surface area contributed by atoms with Gasteiger partial charge in [-0.3, -0.25) is 0 Å². The molecule has 0 radical (unpaired) electrons. The van der Waals surface area contributed by atoms with Crippen LogP contribution in [-0.2, 0) is 14.1 Å². The summed E-state index contributed by atoms with van der Waals surface area (Å²) in [5, 5.41) is 19.6. The van der Waals surface area contributed by atoms with Gasteiger partial charge in [0.1, 0.15) is 17.1 Å². The number of phenolic OH excluding ortho intramolecular Hbond substituents is 2. The molecule has 0 bridgehead atoms. The van der Waals surface area contributed by atoms with Gasteiger partial charge in [-0.25, -0.2) is 0 Å². The molecule has 7 heteroatoms. The van der Waals surface area contributed by atoms with E-state index in [1.165, 1.54) is 17.7 Å². The number of rotatable bonds is 3. The predicted octanol–water partition coefficient (Wildman–Crippen LogP) is -1.89. The van der Waals surface area contributed by atoms with Gasteiger partial charge in [0.25, 0.3) is 0 Å². The molecule has 0 amide bonds. The Morgan fingerprint density at radius 2 is 1.91 bits per heavy atom. The maximum Gasteiger partial charge on any atom is 0.498 e. The van der Waals surface area contributed by atoms with Gasteiger partial charge in [-0.15, -0.1) is 0 Å². The van der Waals surface area contributed by atoms with Crippen molar-refractivity contribution in [3.05, 3.63) is 45.6 Å². The number of hydrogen-bond acceptors (Lipinski definition) is 4. The summed E-state index contributed by atoms with van der Waals surface area (Å²) in [6.45, 7) is 1.84. The SMILES string of the molecule is COc1ccc(O)c(O)c1/C=C/c1cc(C)n(C)c(=O)[n+]1C.[Cl-]. The van der Waals surface area contributed by atoms with Crippen molar-refractivity contribution in [2.24, 2.45) is 14.1 Å². The summed E-state index contributed by atoms with van der Waals surface area (Å²) in [6, 6.07) is 4.77. The molecule has 23 heavy (non-hydrogen) atoms. The van der Waals surface area contributed by atoms with E-state index in [2.05, 4.69) is 0 Å². The molecule has 1 heterocycles. The van der Waals surface area contributed by atoms with E-state index in [9.17, 15) is 15.0 Å². The van der Waals surface area contributed by atoms with Crippen molar-refractivity contribution in [3.63, 3.8) is 0 Å². The Morgan fingerprint density at radius 1 is 1.26 bits per heavy atom. The molecule has 124 valence electrons. The van der Waals surface area contributed by atoms with Gasteiger partial charge < -0.3 is 27.4 Å². The fourth-order valence-electron chi connectivity index (χ4n) is 2.14. The van der Waals surface area contributed by atoms with Gasteiger partial charge in [-0.1, -0.05) is 0 Å². The Labute approximate surface area is 140 Å².